The molecule has 0 rings (SSSR count). The highest BCUT2D eigenvalue weighted by molar-refractivity contribution is 6.33. The molecule has 0 aliphatic heterocycles. The number of esters is 2. The fraction of sp³-hybridized carbons (Fsp3) is 0.727. The minimum Gasteiger partial charge on any atom is -0.476 e. The molecule has 0 aromatic heterocycles. The van der Waals surface area contributed by atoms with Crippen molar-refractivity contribution in [3.05, 3.63) is 0 Å². The highest BCUT2D eigenvalue weighted by Gasteiger charge is 2.15. The molecular formula is C22H34O15. The van der Waals surface area contributed by atoms with Gasteiger partial charge in [-0.25, -0.2) is 9.59 Å². The van der Waals surface area contributed by atoms with Crippen LogP contribution < -0.4 is 0 Å². The summed E-state index contributed by atoms with van der Waals surface area (Å²) < 4.78 is 35.9. The Bertz CT molecular complexity index is 648. The molecule has 0 aromatic rings. The fourth-order valence-corrected chi connectivity index (χ4v) is 2.20. The van der Waals surface area contributed by atoms with Gasteiger partial charge in [0.1, 0.15) is 13.2 Å². The standard InChI is InChI=1S/C22H34O15/c23-17(21(27)28)1-3-19(25)36-15-13-34-11-9-32-7-5-31-6-8-33-10-12-35-14-16-37-20(26)4-2-18(24)22(29)30/h1-16H2,(H,27,28)(H,29,30). The van der Waals surface area contributed by atoms with Gasteiger partial charge < -0.3 is 43.4 Å². The SMILES string of the molecule is O=C(CCC(=O)C(=O)O)OCCOCCOCCOCCOCCOCCOC(=O)CCC(=O)C(=O)O. The lowest BCUT2D eigenvalue weighted by atomic mass is 10.2. The van der Waals surface area contributed by atoms with E-state index in [9.17, 15) is 28.8 Å². The van der Waals surface area contributed by atoms with Crippen molar-refractivity contribution < 1.29 is 72.1 Å². The molecule has 37 heavy (non-hydrogen) atoms. The van der Waals surface area contributed by atoms with Gasteiger partial charge in [0.15, 0.2) is 0 Å². The van der Waals surface area contributed by atoms with E-state index in [-0.39, 0.29) is 52.5 Å². The van der Waals surface area contributed by atoms with E-state index in [1.807, 2.05) is 0 Å². The summed E-state index contributed by atoms with van der Waals surface area (Å²) in [6, 6.07) is 0. The number of rotatable bonds is 26. The summed E-state index contributed by atoms with van der Waals surface area (Å²) in [5.74, 6) is -6.59. The van der Waals surface area contributed by atoms with Gasteiger partial charge in [-0.15, -0.1) is 0 Å². The van der Waals surface area contributed by atoms with Crippen LogP contribution in [0.4, 0.5) is 0 Å². The monoisotopic (exact) mass is 538 g/mol. The molecule has 0 aromatic carbocycles. The zero-order valence-electron chi connectivity index (χ0n) is 20.5. The first kappa shape index (κ1) is 34.0. The third kappa shape index (κ3) is 23.2. The minimum absolute atomic E-state index is 0.0128. The molecule has 0 saturated carbocycles. The summed E-state index contributed by atoms with van der Waals surface area (Å²) >= 11 is 0. The van der Waals surface area contributed by atoms with E-state index in [1.165, 1.54) is 0 Å². The van der Waals surface area contributed by atoms with Gasteiger partial charge in [0.05, 0.1) is 78.9 Å². The van der Waals surface area contributed by atoms with Crippen LogP contribution in [0, 0.1) is 0 Å². The molecular weight excluding hydrogens is 504 g/mol. The van der Waals surface area contributed by atoms with Crippen LogP contribution in [-0.2, 0) is 61.9 Å². The number of hydrogen-bond acceptors (Lipinski definition) is 13. The van der Waals surface area contributed by atoms with E-state index < -0.39 is 48.3 Å². The van der Waals surface area contributed by atoms with Gasteiger partial charge >= 0.3 is 23.9 Å². The van der Waals surface area contributed by atoms with Crippen LogP contribution in [0.1, 0.15) is 25.7 Å². The summed E-state index contributed by atoms with van der Waals surface area (Å²) in [7, 11) is 0. The van der Waals surface area contributed by atoms with E-state index in [1.54, 1.807) is 0 Å². The second kappa shape index (κ2) is 23.4. The topological polar surface area (TPSA) is 207 Å². The Morgan fingerprint density at radius 2 is 0.622 bits per heavy atom. The average Bonchev–Trinajstić information content (AvgIpc) is 2.86. The molecule has 15 heteroatoms. The van der Waals surface area contributed by atoms with E-state index in [4.69, 9.17) is 43.4 Å². The lowest BCUT2D eigenvalue weighted by Gasteiger charge is -2.08. The van der Waals surface area contributed by atoms with E-state index in [0.717, 1.165) is 0 Å². The van der Waals surface area contributed by atoms with Crippen molar-refractivity contribution in [2.45, 2.75) is 25.7 Å². The van der Waals surface area contributed by atoms with Crippen LogP contribution in [0.2, 0.25) is 0 Å². The molecule has 0 atom stereocenters. The van der Waals surface area contributed by atoms with Gasteiger partial charge in [-0.05, 0) is 0 Å². The number of carboxylic acid groups (broad SMARTS) is 2. The second-order valence-corrected chi connectivity index (χ2v) is 6.96. The van der Waals surface area contributed by atoms with Crippen molar-refractivity contribution in [3.8, 4) is 0 Å². The first-order valence-electron chi connectivity index (χ1n) is 11.5. The highest BCUT2D eigenvalue weighted by Crippen LogP contribution is 1.96. The zero-order chi connectivity index (χ0) is 27.7. The molecule has 0 saturated heterocycles. The fourth-order valence-electron chi connectivity index (χ4n) is 2.20. The molecule has 0 spiro atoms. The second-order valence-electron chi connectivity index (χ2n) is 6.96. The third-order valence-electron chi connectivity index (χ3n) is 4.06. The first-order valence-corrected chi connectivity index (χ1v) is 11.5. The molecule has 0 aliphatic rings. The molecule has 2 N–H and O–H groups in total. The summed E-state index contributed by atoms with van der Waals surface area (Å²) in [4.78, 5) is 64.9. The predicted octanol–water partition coefficient (Wildman–Crippen LogP) is -0.976. The van der Waals surface area contributed by atoms with Crippen molar-refractivity contribution in [1.82, 2.24) is 0 Å². The summed E-state index contributed by atoms with van der Waals surface area (Å²) in [5.41, 5.74) is 0. The first-order chi connectivity index (χ1) is 17.7. The Hall–Kier alpha value is -2.98. The van der Waals surface area contributed by atoms with Crippen LogP contribution in [0.25, 0.3) is 0 Å². The molecule has 0 bridgehead atoms. The number of carbonyl (C=O) groups is 6. The normalized spacial score (nSPS) is 10.6. The Morgan fingerprint density at radius 3 is 0.865 bits per heavy atom. The number of carbonyl (C=O) groups excluding carboxylic acids is 4. The number of ketones is 2. The van der Waals surface area contributed by atoms with Crippen LogP contribution in [-0.4, -0.2) is 125 Å². The number of hydrogen-bond donors (Lipinski definition) is 2. The third-order valence-corrected chi connectivity index (χ3v) is 4.06. The van der Waals surface area contributed by atoms with Crippen LogP contribution in [0.3, 0.4) is 0 Å². The summed E-state index contributed by atoms with van der Waals surface area (Å²) in [5, 5.41) is 16.8. The van der Waals surface area contributed by atoms with Gasteiger partial charge in [-0.3, -0.25) is 19.2 Å². The van der Waals surface area contributed by atoms with Crippen molar-refractivity contribution in [2.24, 2.45) is 0 Å². The van der Waals surface area contributed by atoms with Gasteiger partial charge in [0.25, 0.3) is 0 Å². The predicted molar refractivity (Wildman–Crippen MR) is 120 cm³/mol. The van der Waals surface area contributed by atoms with E-state index in [2.05, 4.69) is 0 Å². The zero-order valence-corrected chi connectivity index (χ0v) is 20.5. The maximum Gasteiger partial charge on any atom is 0.372 e. The van der Waals surface area contributed by atoms with Gasteiger partial charge in [-0.2, -0.15) is 0 Å². The van der Waals surface area contributed by atoms with Gasteiger partial charge in [-0.1, -0.05) is 0 Å². The molecule has 212 valence electrons. The van der Waals surface area contributed by atoms with Gasteiger partial charge in [0, 0.05) is 12.8 Å². The van der Waals surface area contributed by atoms with Crippen molar-refractivity contribution in [3.63, 3.8) is 0 Å². The number of ether oxygens (including phenoxy) is 7. The Kier molecular flexibility index (Phi) is 21.5. The smallest absolute Gasteiger partial charge is 0.372 e. The largest absolute Gasteiger partial charge is 0.476 e. The average molecular weight is 538 g/mol. The van der Waals surface area contributed by atoms with E-state index >= 15 is 0 Å². The maximum absolute atomic E-state index is 11.3. The molecule has 0 fully saturated rings. The van der Waals surface area contributed by atoms with E-state index in [0.29, 0.717) is 39.6 Å². The lowest BCUT2D eigenvalue weighted by molar-refractivity contribution is -0.151. The molecule has 0 unspecified atom stereocenters. The highest BCUT2D eigenvalue weighted by atomic mass is 16.6. The Balaban J connectivity index is 3.27. The van der Waals surface area contributed by atoms with Crippen molar-refractivity contribution in [1.29, 1.82) is 0 Å². The summed E-state index contributed by atoms with van der Waals surface area (Å²) in [6.45, 7) is 2.85. The molecule has 0 amide bonds. The molecule has 0 aliphatic carbocycles. The number of aliphatic carboxylic acids is 2. The van der Waals surface area contributed by atoms with Crippen LogP contribution in [0.15, 0.2) is 0 Å². The van der Waals surface area contributed by atoms with Crippen molar-refractivity contribution in [2.75, 3.05) is 79.3 Å². The summed E-state index contributed by atoms with van der Waals surface area (Å²) in [6.07, 6.45) is -1.40. The number of Topliss-reactive ketones (excluding diaryl/α,β-unsaturated/α-hetero) is 2. The molecule has 15 nitrogen and oxygen atoms in total. The quantitative estimate of drug-likeness (QED) is 0.0771. The van der Waals surface area contributed by atoms with Gasteiger partial charge in [0.2, 0.25) is 11.6 Å². The Morgan fingerprint density at radius 1 is 0.378 bits per heavy atom. The minimum atomic E-state index is -1.58. The van der Waals surface area contributed by atoms with Crippen LogP contribution >= 0.6 is 0 Å². The van der Waals surface area contributed by atoms with Crippen molar-refractivity contribution >= 4 is 35.4 Å². The lowest BCUT2D eigenvalue weighted by Crippen LogP contribution is -2.17. The molecule has 0 radical (unpaired) electrons. The van der Waals surface area contributed by atoms with Crippen LogP contribution in [0.5, 0.6) is 0 Å². The number of carboxylic acids is 2. The maximum atomic E-state index is 11.3. The molecule has 0 heterocycles. The Labute approximate surface area is 213 Å².